The predicted molar refractivity (Wildman–Crippen MR) is 109 cm³/mol. The Hall–Kier alpha value is -3.67. The number of nitrogens with zero attached hydrogens (tertiary/aromatic N) is 2. The summed E-state index contributed by atoms with van der Waals surface area (Å²) in [6.07, 6.45) is 4.25. The van der Waals surface area contributed by atoms with Crippen LogP contribution in [0, 0.1) is 0 Å². The molecule has 0 bridgehead atoms. The number of methoxy groups -OCH3 is 2. The molecule has 0 atom stereocenters. The molecular weight excluding hydrogens is 368 g/mol. The molecule has 6 heteroatoms. The minimum absolute atomic E-state index is 0.0127. The zero-order valence-corrected chi connectivity index (χ0v) is 16.2. The number of carbonyl (C=O) groups is 1. The van der Waals surface area contributed by atoms with E-state index in [0.29, 0.717) is 46.9 Å². The fourth-order valence-corrected chi connectivity index (χ4v) is 3.20. The van der Waals surface area contributed by atoms with Crippen molar-refractivity contribution in [3.63, 3.8) is 0 Å². The number of aromatic nitrogens is 2. The van der Waals surface area contributed by atoms with Crippen molar-refractivity contribution in [1.82, 2.24) is 9.97 Å². The molecule has 0 aliphatic carbocycles. The van der Waals surface area contributed by atoms with Crippen LogP contribution in [0.1, 0.15) is 22.3 Å². The Labute approximate surface area is 168 Å². The molecule has 0 radical (unpaired) electrons. The van der Waals surface area contributed by atoms with Crippen LogP contribution in [0.2, 0.25) is 0 Å². The van der Waals surface area contributed by atoms with Crippen molar-refractivity contribution in [2.24, 2.45) is 0 Å². The van der Waals surface area contributed by atoms with E-state index in [1.807, 2.05) is 24.3 Å². The van der Waals surface area contributed by atoms with Crippen LogP contribution in [0.5, 0.6) is 11.5 Å². The maximum atomic E-state index is 12.8. The van der Waals surface area contributed by atoms with Gasteiger partial charge in [-0.25, -0.2) is 4.98 Å². The minimum atomic E-state index is 0.0127. The number of pyridine rings is 1. The minimum Gasteiger partial charge on any atom is -0.497 e. The van der Waals surface area contributed by atoms with Crippen LogP contribution in [0.25, 0.3) is 22.6 Å². The molecule has 0 saturated heterocycles. The van der Waals surface area contributed by atoms with Gasteiger partial charge in [0.1, 0.15) is 17.0 Å². The molecule has 0 aliphatic heterocycles. The van der Waals surface area contributed by atoms with Gasteiger partial charge in [0.25, 0.3) is 0 Å². The van der Waals surface area contributed by atoms with Crippen LogP contribution in [-0.4, -0.2) is 30.0 Å². The standard InChI is InChI=1S/C23H20N2O4/c1-27-17-11-16(12-18(13-17)28-2)21(26)8-7-15-5-3-4-6-19(15)23-25-20-14-24-10-9-22(20)29-23/h3-6,9-14H,7-8H2,1-2H3. The molecule has 0 saturated carbocycles. The number of carbonyl (C=O) groups excluding carboxylic acids is 1. The van der Waals surface area contributed by atoms with Crippen LogP contribution in [-0.2, 0) is 6.42 Å². The Kier molecular flexibility index (Phi) is 5.24. The second-order valence-electron chi connectivity index (χ2n) is 6.54. The highest BCUT2D eigenvalue weighted by molar-refractivity contribution is 5.97. The van der Waals surface area contributed by atoms with Gasteiger partial charge >= 0.3 is 0 Å². The molecule has 0 fully saturated rings. The Balaban J connectivity index is 1.57. The molecule has 2 aromatic carbocycles. The highest BCUT2D eigenvalue weighted by atomic mass is 16.5. The summed E-state index contributed by atoms with van der Waals surface area (Å²) >= 11 is 0. The van der Waals surface area contributed by atoms with E-state index in [-0.39, 0.29) is 5.78 Å². The number of ether oxygens (including phenoxy) is 2. The van der Waals surface area contributed by atoms with E-state index in [1.54, 1.807) is 50.9 Å². The molecule has 4 aromatic rings. The van der Waals surface area contributed by atoms with Gasteiger partial charge in [0.2, 0.25) is 5.89 Å². The third kappa shape index (κ3) is 3.96. The molecule has 4 rings (SSSR count). The summed E-state index contributed by atoms with van der Waals surface area (Å²) in [6, 6.07) is 14.8. The second kappa shape index (κ2) is 8.14. The summed E-state index contributed by atoms with van der Waals surface area (Å²) in [4.78, 5) is 21.4. The number of fused-ring (bicyclic) bond motifs is 1. The average Bonchev–Trinajstić information content (AvgIpc) is 3.21. The van der Waals surface area contributed by atoms with E-state index in [9.17, 15) is 4.79 Å². The molecule has 0 amide bonds. The number of Topliss-reactive ketones (excluding diaryl/α,β-unsaturated/α-hetero) is 1. The van der Waals surface area contributed by atoms with Crippen LogP contribution < -0.4 is 9.47 Å². The number of ketones is 1. The topological polar surface area (TPSA) is 74.5 Å². The molecule has 6 nitrogen and oxygen atoms in total. The third-order valence-electron chi connectivity index (χ3n) is 4.73. The van der Waals surface area contributed by atoms with Gasteiger partial charge in [-0.1, -0.05) is 18.2 Å². The van der Waals surface area contributed by atoms with E-state index in [1.165, 1.54) is 0 Å². The second-order valence-corrected chi connectivity index (χ2v) is 6.54. The summed E-state index contributed by atoms with van der Waals surface area (Å²) in [6.45, 7) is 0. The summed E-state index contributed by atoms with van der Waals surface area (Å²) < 4.78 is 16.4. The molecule has 2 aromatic heterocycles. The smallest absolute Gasteiger partial charge is 0.227 e. The summed E-state index contributed by atoms with van der Waals surface area (Å²) in [5, 5.41) is 0. The lowest BCUT2D eigenvalue weighted by Gasteiger charge is -2.09. The van der Waals surface area contributed by atoms with Crippen molar-refractivity contribution in [1.29, 1.82) is 0 Å². The number of hydrogen-bond acceptors (Lipinski definition) is 6. The monoisotopic (exact) mass is 388 g/mol. The first-order chi connectivity index (χ1) is 14.2. The van der Waals surface area contributed by atoms with Crippen molar-refractivity contribution >= 4 is 16.9 Å². The number of benzene rings is 2. The first kappa shape index (κ1) is 18.7. The zero-order valence-electron chi connectivity index (χ0n) is 16.2. The zero-order chi connectivity index (χ0) is 20.2. The first-order valence-corrected chi connectivity index (χ1v) is 9.23. The molecule has 0 aliphatic rings. The number of hydrogen-bond donors (Lipinski definition) is 0. The van der Waals surface area contributed by atoms with Gasteiger partial charge < -0.3 is 13.9 Å². The maximum Gasteiger partial charge on any atom is 0.227 e. The molecule has 0 unspecified atom stereocenters. The third-order valence-corrected chi connectivity index (χ3v) is 4.73. The maximum absolute atomic E-state index is 12.8. The van der Waals surface area contributed by atoms with Gasteiger partial charge in [-0.2, -0.15) is 0 Å². The lowest BCUT2D eigenvalue weighted by Crippen LogP contribution is -2.03. The fraction of sp³-hybridized carbons (Fsp3) is 0.174. The fourth-order valence-electron chi connectivity index (χ4n) is 3.20. The van der Waals surface area contributed by atoms with Crippen LogP contribution in [0.4, 0.5) is 0 Å². The molecule has 0 N–H and O–H groups in total. The number of rotatable bonds is 7. The van der Waals surface area contributed by atoms with E-state index in [2.05, 4.69) is 9.97 Å². The molecule has 0 spiro atoms. The number of aryl methyl sites for hydroxylation is 1. The highest BCUT2D eigenvalue weighted by Crippen LogP contribution is 2.28. The van der Waals surface area contributed by atoms with Crippen LogP contribution >= 0.6 is 0 Å². The van der Waals surface area contributed by atoms with Gasteiger partial charge in [0.15, 0.2) is 11.4 Å². The van der Waals surface area contributed by atoms with Crippen LogP contribution in [0.3, 0.4) is 0 Å². The number of oxazole rings is 1. The SMILES string of the molecule is COc1cc(OC)cc(C(=O)CCc2ccccc2-c2nc3cnccc3o2)c1. The van der Waals surface area contributed by atoms with E-state index in [0.717, 1.165) is 11.1 Å². The quantitative estimate of drug-likeness (QED) is 0.426. The Morgan fingerprint density at radius 2 is 1.79 bits per heavy atom. The summed E-state index contributed by atoms with van der Waals surface area (Å²) in [7, 11) is 3.13. The first-order valence-electron chi connectivity index (χ1n) is 9.23. The van der Waals surface area contributed by atoms with Gasteiger partial charge in [-0.05, 0) is 30.2 Å². The van der Waals surface area contributed by atoms with Gasteiger partial charge in [0, 0.05) is 35.9 Å². The Bertz CT molecular complexity index is 1110. The van der Waals surface area contributed by atoms with E-state index >= 15 is 0 Å². The van der Waals surface area contributed by atoms with Crippen molar-refractivity contribution in [3.05, 3.63) is 72.1 Å². The predicted octanol–water partition coefficient (Wildman–Crippen LogP) is 4.72. The van der Waals surface area contributed by atoms with Crippen LogP contribution in [0.15, 0.2) is 65.3 Å². The molecular formula is C23H20N2O4. The van der Waals surface area contributed by atoms with Gasteiger partial charge in [0.05, 0.1) is 20.4 Å². The molecule has 29 heavy (non-hydrogen) atoms. The van der Waals surface area contributed by atoms with Crippen molar-refractivity contribution in [3.8, 4) is 23.0 Å². The summed E-state index contributed by atoms with van der Waals surface area (Å²) in [5.41, 5.74) is 3.82. The van der Waals surface area contributed by atoms with Crippen molar-refractivity contribution in [2.45, 2.75) is 12.8 Å². The lowest BCUT2D eigenvalue weighted by molar-refractivity contribution is 0.0982. The normalized spacial score (nSPS) is 10.8. The van der Waals surface area contributed by atoms with E-state index < -0.39 is 0 Å². The highest BCUT2D eigenvalue weighted by Gasteiger charge is 2.15. The van der Waals surface area contributed by atoms with Crippen molar-refractivity contribution in [2.75, 3.05) is 14.2 Å². The van der Waals surface area contributed by atoms with Crippen molar-refractivity contribution < 1.29 is 18.7 Å². The largest absolute Gasteiger partial charge is 0.497 e. The molecule has 2 heterocycles. The van der Waals surface area contributed by atoms with Gasteiger partial charge in [-0.15, -0.1) is 0 Å². The Morgan fingerprint density at radius 3 is 2.52 bits per heavy atom. The Morgan fingerprint density at radius 1 is 1.03 bits per heavy atom. The lowest BCUT2D eigenvalue weighted by atomic mass is 9.98. The van der Waals surface area contributed by atoms with E-state index in [4.69, 9.17) is 13.9 Å². The molecule has 146 valence electrons. The average molecular weight is 388 g/mol. The van der Waals surface area contributed by atoms with Gasteiger partial charge in [-0.3, -0.25) is 9.78 Å². The summed E-state index contributed by atoms with van der Waals surface area (Å²) in [5.74, 6) is 1.72.